The van der Waals surface area contributed by atoms with Crippen molar-refractivity contribution in [3.63, 3.8) is 0 Å². The molecule has 0 bridgehead atoms. The van der Waals surface area contributed by atoms with Gasteiger partial charge in [0.2, 0.25) is 0 Å². The van der Waals surface area contributed by atoms with Crippen molar-refractivity contribution in [1.82, 2.24) is 0 Å². The molecule has 31 heavy (non-hydrogen) atoms. The van der Waals surface area contributed by atoms with E-state index in [2.05, 4.69) is 10.3 Å². The first-order valence-corrected chi connectivity index (χ1v) is 11.4. The third kappa shape index (κ3) is 4.91. The summed E-state index contributed by atoms with van der Waals surface area (Å²) < 4.78 is 14.5. The molecule has 4 rings (SSSR count). The molecule has 0 aliphatic carbocycles. The van der Waals surface area contributed by atoms with Gasteiger partial charge in [-0.2, -0.15) is 0 Å². The SMILES string of the molecule is CC(C(=O)O)c1c[c]([Na])ccc1NC1=NC(=O)C(=Cc2ccc3cc(F)ccc3c2)S1. The summed E-state index contributed by atoms with van der Waals surface area (Å²) in [5, 5.41) is 14.6. The van der Waals surface area contributed by atoms with E-state index in [1.54, 1.807) is 19.1 Å². The number of anilines is 1. The Kier molecular flexibility index (Phi) is 6.29. The number of carboxylic acid groups (broad SMARTS) is 1. The van der Waals surface area contributed by atoms with Crippen molar-refractivity contribution in [2.24, 2.45) is 4.99 Å². The summed E-state index contributed by atoms with van der Waals surface area (Å²) in [6.45, 7) is 1.63. The Hall–Kier alpha value is -2.45. The maximum absolute atomic E-state index is 13.4. The number of carbonyl (C=O) groups is 2. The molecular formula is C23H16FN2NaO3S. The minimum absolute atomic E-state index is 0.292. The van der Waals surface area contributed by atoms with Gasteiger partial charge in [-0.3, -0.25) is 0 Å². The predicted molar refractivity (Wildman–Crippen MR) is 123 cm³/mol. The van der Waals surface area contributed by atoms with Crippen molar-refractivity contribution in [1.29, 1.82) is 0 Å². The topological polar surface area (TPSA) is 78.8 Å². The number of halogens is 1. The second-order valence-electron chi connectivity index (χ2n) is 7.36. The minimum atomic E-state index is -0.913. The molecule has 0 saturated heterocycles. The number of fused-ring (bicyclic) bond motifs is 1. The van der Waals surface area contributed by atoms with Gasteiger partial charge in [-0.25, -0.2) is 4.39 Å². The van der Waals surface area contributed by atoms with Crippen LogP contribution in [0.3, 0.4) is 0 Å². The monoisotopic (exact) mass is 442 g/mol. The van der Waals surface area contributed by atoms with Crippen LogP contribution in [-0.4, -0.2) is 50.1 Å². The zero-order valence-corrected chi connectivity index (χ0v) is 19.7. The number of hydrogen-bond donors (Lipinski definition) is 2. The summed E-state index contributed by atoms with van der Waals surface area (Å²) in [4.78, 5) is 28.4. The number of aliphatic carboxylic acids is 1. The van der Waals surface area contributed by atoms with Crippen LogP contribution in [0.4, 0.5) is 10.1 Å². The molecule has 0 spiro atoms. The van der Waals surface area contributed by atoms with Crippen LogP contribution in [0.25, 0.3) is 16.8 Å². The van der Waals surface area contributed by atoms with Gasteiger partial charge in [0.1, 0.15) is 5.82 Å². The molecule has 3 aromatic carbocycles. The normalized spacial score (nSPS) is 15.9. The quantitative estimate of drug-likeness (QED) is 0.471. The van der Waals surface area contributed by atoms with Crippen LogP contribution in [0.5, 0.6) is 0 Å². The van der Waals surface area contributed by atoms with E-state index < -0.39 is 11.9 Å². The Bertz CT molecular complexity index is 1290. The third-order valence-corrected chi connectivity index (χ3v) is 6.55. The van der Waals surface area contributed by atoms with E-state index in [0.29, 0.717) is 21.3 Å². The average molecular weight is 442 g/mol. The number of aliphatic imine (C=N–C) groups is 1. The first-order valence-electron chi connectivity index (χ1n) is 9.62. The van der Waals surface area contributed by atoms with Crippen molar-refractivity contribution in [3.05, 3.63) is 76.4 Å². The van der Waals surface area contributed by atoms with Crippen LogP contribution in [0.2, 0.25) is 0 Å². The van der Waals surface area contributed by atoms with E-state index in [1.165, 1.54) is 23.9 Å². The second kappa shape index (κ2) is 8.96. The van der Waals surface area contributed by atoms with Crippen LogP contribution in [0.1, 0.15) is 24.0 Å². The van der Waals surface area contributed by atoms with Gasteiger partial charge < -0.3 is 0 Å². The molecule has 1 aliphatic heterocycles. The van der Waals surface area contributed by atoms with E-state index >= 15 is 0 Å². The number of hydrogen-bond acceptors (Lipinski definition) is 4. The third-order valence-electron chi connectivity index (χ3n) is 5.03. The number of nitrogens with one attached hydrogen (secondary N) is 1. The summed E-state index contributed by atoms with van der Waals surface area (Å²) in [5.74, 6) is -2.25. The van der Waals surface area contributed by atoms with E-state index in [1.807, 2.05) is 36.4 Å². The average Bonchev–Trinajstić information content (AvgIpc) is 3.07. The Morgan fingerprint density at radius 1 is 1.16 bits per heavy atom. The molecule has 5 nitrogen and oxygen atoms in total. The molecule has 8 heteroatoms. The number of carboxylic acids is 1. The fourth-order valence-electron chi connectivity index (χ4n) is 3.34. The first kappa shape index (κ1) is 21.8. The molecule has 0 aromatic heterocycles. The van der Waals surface area contributed by atoms with Crippen LogP contribution in [0.15, 0.2) is 64.5 Å². The molecule has 1 atom stereocenters. The number of benzene rings is 3. The molecule has 1 unspecified atom stereocenters. The van der Waals surface area contributed by atoms with Crippen LogP contribution < -0.4 is 8.13 Å². The molecule has 1 aliphatic rings. The number of thioether (sulfide) groups is 1. The van der Waals surface area contributed by atoms with Crippen LogP contribution in [-0.2, 0) is 9.59 Å². The number of amidine groups is 1. The molecule has 3 aromatic rings. The number of nitrogens with zero attached hydrogens (tertiary/aromatic N) is 1. The summed E-state index contributed by atoms with van der Waals surface area (Å²) >= 11 is 2.01. The fraction of sp³-hybridized carbons (Fsp3) is 0.0870. The van der Waals surface area contributed by atoms with Crippen molar-refractivity contribution < 1.29 is 19.1 Å². The van der Waals surface area contributed by atoms with Gasteiger partial charge >= 0.3 is 167 Å². The Morgan fingerprint density at radius 2 is 1.90 bits per heavy atom. The first-order chi connectivity index (χ1) is 14.8. The van der Waals surface area contributed by atoms with Gasteiger partial charge in [0.15, 0.2) is 0 Å². The van der Waals surface area contributed by atoms with Gasteiger partial charge in [0, 0.05) is 0 Å². The predicted octanol–water partition coefficient (Wildman–Crippen LogP) is 4.04. The zero-order valence-electron chi connectivity index (χ0n) is 16.8. The van der Waals surface area contributed by atoms with Crippen molar-refractivity contribution >= 4 is 82.1 Å². The standard InChI is InChI=1S/C23H16FN2O3S.Na/c1-13(22(28)29)18-4-2-3-5-19(18)25-23-26-21(27)20(30-23)11-14-6-7-16-12-17(24)9-8-15(16)10-14;/h3-13H,1H3,(H,28,29)(H,25,26,27);. The van der Waals surface area contributed by atoms with Crippen LogP contribution in [0, 0.1) is 5.82 Å². The van der Waals surface area contributed by atoms with E-state index in [9.17, 15) is 19.1 Å². The Balaban J connectivity index is 1.57. The van der Waals surface area contributed by atoms with Crippen molar-refractivity contribution in [2.75, 3.05) is 5.32 Å². The molecule has 0 saturated carbocycles. The summed E-state index contributed by atoms with van der Waals surface area (Å²) in [6.07, 6.45) is 1.75. The Morgan fingerprint density at radius 3 is 2.68 bits per heavy atom. The number of carbonyl (C=O) groups excluding carboxylic acids is 1. The fourth-order valence-corrected chi connectivity index (χ4v) is 4.64. The van der Waals surface area contributed by atoms with E-state index in [4.69, 9.17) is 0 Å². The van der Waals surface area contributed by atoms with Gasteiger partial charge in [-0.15, -0.1) is 0 Å². The van der Waals surface area contributed by atoms with Gasteiger partial charge in [0.05, 0.1) is 0 Å². The molecule has 0 fully saturated rings. The van der Waals surface area contributed by atoms with Gasteiger partial charge in [-0.05, 0) is 17.5 Å². The molecule has 150 valence electrons. The molecule has 1 heterocycles. The van der Waals surface area contributed by atoms with Crippen molar-refractivity contribution in [3.8, 4) is 0 Å². The number of rotatable bonds is 4. The van der Waals surface area contributed by atoms with E-state index in [0.717, 1.165) is 47.1 Å². The summed E-state index contributed by atoms with van der Waals surface area (Å²) in [7, 11) is 0. The van der Waals surface area contributed by atoms with Crippen molar-refractivity contribution in [2.45, 2.75) is 12.8 Å². The van der Waals surface area contributed by atoms with Crippen LogP contribution >= 0.6 is 11.8 Å². The second-order valence-corrected chi connectivity index (χ2v) is 9.54. The maximum atomic E-state index is 13.4. The Labute approximate surface area is 199 Å². The number of amides is 1. The molecule has 2 N–H and O–H groups in total. The van der Waals surface area contributed by atoms with Gasteiger partial charge in [-0.1, -0.05) is 6.07 Å². The summed E-state index contributed by atoms with van der Waals surface area (Å²) in [6, 6.07) is 15.7. The van der Waals surface area contributed by atoms with E-state index in [-0.39, 0.29) is 11.7 Å². The molecule has 1 amide bonds. The van der Waals surface area contributed by atoms with Gasteiger partial charge in [0.25, 0.3) is 0 Å². The zero-order chi connectivity index (χ0) is 22.1. The summed E-state index contributed by atoms with van der Waals surface area (Å²) in [5.41, 5.74) is 2.10. The molecular weight excluding hydrogens is 426 g/mol. The molecule has 0 radical (unpaired) electrons.